The number of allylic oxidation sites excluding steroid dienone is 4. The third-order valence-electron chi connectivity index (χ3n) is 2.56. The normalized spacial score (nSPS) is 15.3. The Kier molecular flexibility index (Phi) is 3.73. The van der Waals surface area contributed by atoms with Gasteiger partial charge in [-0.1, -0.05) is 48.6 Å². The summed E-state index contributed by atoms with van der Waals surface area (Å²) in [5.74, 6) is 0. The van der Waals surface area contributed by atoms with Crippen LogP contribution in [0.3, 0.4) is 0 Å². The second-order valence-corrected chi connectivity index (χ2v) is 3.82. The fraction of sp³-hybridized carbons (Fsp3) is 0.200. The first-order chi connectivity index (χ1) is 7.90. The zero-order valence-electron chi connectivity index (χ0n) is 9.52. The highest BCUT2D eigenvalue weighted by Crippen LogP contribution is 2.21. The first kappa shape index (κ1) is 10.9. The molecular weight excluding hydrogens is 196 g/mol. The van der Waals surface area contributed by atoms with E-state index < -0.39 is 0 Å². The van der Waals surface area contributed by atoms with Crippen molar-refractivity contribution >= 4 is 5.57 Å². The third-order valence-corrected chi connectivity index (χ3v) is 2.56. The molecule has 0 N–H and O–H groups in total. The van der Waals surface area contributed by atoms with Crippen molar-refractivity contribution < 1.29 is 4.74 Å². The lowest BCUT2D eigenvalue weighted by Crippen LogP contribution is -1.91. The van der Waals surface area contributed by atoms with E-state index in [0.29, 0.717) is 6.61 Å². The van der Waals surface area contributed by atoms with Crippen molar-refractivity contribution in [2.45, 2.75) is 6.42 Å². The molecule has 82 valence electrons. The zero-order valence-corrected chi connectivity index (χ0v) is 9.52. The van der Waals surface area contributed by atoms with Crippen LogP contribution in [0.1, 0.15) is 12.0 Å². The van der Waals surface area contributed by atoms with Gasteiger partial charge in [-0.3, -0.25) is 0 Å². The van der Waals surface area contributed by atoms with Crippen LogP contribution in [0.5, 0.6) is 0 Å². The maximum absolute atomic E-state index is 5.17. The lowest BCUT2D eigenvalue weighted by atomic mass is 10.0. The van der Waals surface area contributed by atoms with Gasteiger partial charge in [0.2, 0.25) is 0 Å². The van der Waals surface area contributed by atoms with Crippen LogP contribution in [0.2, 0.25) is 0 Å². The van der Waals surface area contributed by atoms with E-state index >= 15 is 0 Å². The van der Waals surface area contributed by atoms with E-state index in [9.17, 15) is 0 Å². The molecule has 16 heavy (non-hydrogen) atoms. The molecule has 0 saturated carbocycles. The maximum Gasteiger partial charge on any atom is 0.0713 e. The van der Waals surface area contributed by atoms with Gasteiger partial charge in [-0.15, -0.1) is 0 Å². The quantitative estimate of drug-likeness (QED) is 0.743. The Hall–Kier alpha value is -1.60. The molecule has 0 aliphatic heterocycles. The summed E-state index contributed by atoms with van der Waals surface area (Å²) in [6.45, 7) is 0.667. The predicted octanol–water partition coefficient (Wildman–Crippen LogP) is 3.60. The van der Waals surface area contributed by atoms with Crippen LogP contribution in [0.25, 0.3) is 5.57 Å². The number of ether oxygens (including phenoxy) is 1. The van der Waals surface area contributed by atoms with Gasteiger partial charge in [0, 0.05) is 7.11 Å². The molecule has 0 saturated heterocycles. The minimum Gasteiger partial charge on any atom is -0.380 e. The topological polar surface area (TPSA) is 9.23 Å². The van der Waals surface area contributed by atoms with Crippen LogP contribution in [0.4, 0.5) is 0 Å². The van der Waals surface area contributed by atoms with E-state index in [0.717, 1.165) is 6.42 Å². The summed E-state index contributed by atoms with van der Waals surface area (Å²) in [5, 5.41) is 0. The predicted molar refractivity (Wildman–Crippen MR) is 68.1 cm³/mol. The van der Waals surface area contributed by atoms with Crippen LogP contribution >= 0.6 is 0 Å². The van der Waals surface area contributed by atoms with Gasteiger partial charge in [-0.2, -0.15) is 0 Å². The van der Waals surface area contributed by atoms with Gasteiger partial charge in [0.05, 0.1) is 6.61 Å². The molecule has 1 aliphatic carbocycles. The molecule has 0 bridgehead atoms. The van der Waals surface area contributed by atoms with E-state index in [1.807, 2.05) is 6.07 Å². The highest BCUT2D eigenvalue weighted by atomic mass is 16.5. The minimum absolute atomic E-state index is 0.667. The summed E-state index contributed by atoms with van der Waals surface area (Å²) in [4.78, 5) is 0. The van der Waals surface area contributed by atoms with Crippen molar-refractivity contribution in [2.24, 2.45) is 0 Å². The highest BCUT2D eigenvalue weighted by Gasteiger charge is 2.02. The molecule has 0 radical (unpaired) electrons. The molecule has 1 aliphatic rings. The summed E-state index contributed by atoms with van der Waals surface area (Å²) < 4.78 is 5.17. The molecule has 0 amide bonds. The molecule has 1 nitrogen and oxygen atoms in total. The van der Waals surface area contributed by atoms with Crippen LogP contribution < -0.4 is 0 Å². The number of hydrogen-bond acceptors (Lipinski definition) is 1. The Morgan fingerprint density at radius 3 is 2.75 bits per heavy atom. The van der Waals surface area contributed by atoms with E-state index in [-0.39, 0.29) is 0 Å². The van der Waals surface area contributed by atoms with Crippen LogP contribution in [0, 0.1) is 0 Å². The van der Waals surface area contributed by atoms with Crippen molar-refractivity contribution in [3.63, 3.8) is 0 Å². The zero-order chi connectivity index (χ0) is 11.2. The average molecular weight is 212 g/mol. The Morgan fingerprint density at radius 1 is 1.19 bits per heavy atom. The summed E-state index contributed by atoms with van der Waals surface area (Å²) in [6, 6.07) is 10.4. The van der Waals surface area contributed by atoms with Gasteiger partial charge in [0.15, 0.2) is 0 Å². The van der Waals surface area contributed by atoms with E-state index in [1.54, 1.807) is 7.11 Å². The lowest BCUT2D eigenvalue weighted by molar-refractivity contribution is 0.228. The second kappa shape index (κ2) is 5.47. The maximum atomic E-state index is 5.17. The van der Waals surface area contributed by atoms with Gasteiger partial charge in [-0.05, 0) is 29.2 Å². The lowest BCUT2D eigenvalue weighted by Gasteiger charge is -2.04. The minimum atomic E-state index is 0.667. The van der Waals surface area contributed by atoms with Crippen molar-refractivity contribution in [1.82, 2.24) is 0 Å². The first-order valence-electron chi connectivity index (χ1n) is 5.52. The molecule has 1 aromatic carbocycles. The van der Waals surface area contributed by atoms with Gasteiger partial charge < -0.3 is 4.74 Å². The van der Waals surface area contributed by atoms with Crippen molar-refractivity contribution in [3.05, 3.63) is 65.8 Å². The van der Waals surface area contributed by atoms with Crippen molar-refractivity contribution in [3.8, 4) is 0 Å². The molecule has 0 aromatic heterocycles. The van der Waals surface area contributed by atoms with Gasteiger partial charge in [0.1, 0.15) is 0 Å². The number of hydrogen-bond donors (Lipinski definition) is 0. The standard InChI is InChI=1S/C15H16O/c1-16-12-13-7-5-6-10-15(11-13)14-8-3-2-4-9-14/h2-5,7-11H,6,12H2,1H3. The molecule has 1 aromatic rings. The van der Waals surface area contributed by atoms with Crippen LogP contribution in [-0.4, -0.2) is 13.7 Å². The highest BCUT2D eigenvalue weighted by molar-refractivity contribution is 5.75. The molecular formula is C15H16O. The molecule has 2 rings (SSSR count). The SMILES string of the molecule is COCC1=CC(c2ccccc2)=CCC=C1. The van der Waals surface area contributed by atoms with E-state index in [2.05, 4.69) is 48.6 Å². The number of benzene rings is 1. The van der Waals surface area contributed by atoms with Crippen LogP contribution in [-0.2, 0) is 4.74 Å². The Labute approximate surface area is 96.8 Å². The molecule has 0 atom stereocenters. The fourth-order valence-electron chi connectivity index (χ4n) is 1.81. The van der Waals surface area contributed by atoms with Crippen LogP contribution in [0.15, 0.2) is 60.2 Å². The van der Waals surface area contributed by atoms with Gasteiger partial charge >= 0.3 is 0 Å². The Bertz CT molecular complexity index is 424. The number of methoxy groups -OCH3 is 1. The molecule has 0 unspecified atom stereocenters. The second-order valence-electron chi connectivity index (χ2n) is 3.82. The average Bonchev–Trinajstić information content (AvgIpc) is 2.56. The van der Waals surface area contributed by atoms with Gasteiger partial charge in [0.25, 0.3) is 0 Å². The molecule has 1 heteroatoms. The number of rotatable bonds is 3. The van der Waals surface area contributed by atoms with E-state index in [4.69, 9.17) is 4.74 Å². The monoisotopic (exact) mass is 212 g/mol. The summed E-state index contributed by atoms with van der Waals surface area (Å²) in [5.41, 5.74) is 3.76. The van der Waals surface area contributed by atoms with Crippen molar-refractivity contribution in [2.75, 3.05) is 13.7 Å². The van der Waals surface area contributed by atoms with Gasteiger partial charge in [-0.25, -0.2) is 0 Å². The van der Waals surface area contributed by atoms with Crippen molar-refractivity contribution in [1.29, 1.82) is 0 Å². The Balaban J connectivity index is 2.28. The summed E-state index contributed by atoms with van der Waals surface area (Å²) >= 11 is 0. The first-order valence-corrected chi connectivity index (χ1v) is 5.52. The smallest absolute Gasteiger partial charge is 0.0713 e. The Morgan fingerprint density at radius 2 is 2.00 bits per heavy atom. The molecule has 0 heterocycles. The largest absolute Gasteiger partial charge is 0.380 e. The fourth-order valence-corrected chi connectivity index (χ4v) is 1.81. The summed E-state index contributed by atoms with van der Waals surface area (Å²) in [7, 11) is 1.73. The third kappa shape index (κ3) is 2.71. The molecule has 0 spiro atoms. The summed E-state index contributed by atoms with van der Waals surface area (Å²) in [6.07, 6.45) is 9.72. The molecule has 0 fully saturated rings. The van der Waals surface area contributed by atoms with E-state index in [1.165, 1.54) is 16.7 Å².